The Kier molecular flexibility index (Phi) is 8.68. The van der Waals surface area contributed by atoms with Crippen molar-refractivity contribution >= 4 is 32.7 Å². The molecule has 0 radical (unpaired) electrons. The van der Waals surface area contributed by atoms with Crippen LogP contribution >= 0.6 is 0 Å². The molecule has 0 aliphatic rings. The predicted molar refractivity (Wildman–Crippen MR) is 146 cm³/mol. The molecule has 10 nitrogen and oxygen atoms in total. The van der Waals surface area contributed by atoms with Gasteiger partial charge < -0.3 is 25.8 Å². The summed E-state index contributed by atoms with van der Waals surface area (Å²) in [5.74, 6) is -0.858. The van der Waals surface area contributed by atoms with E-state index in [2.05, 4.69) is 10.3 Å². The Labute approximate surface area is 233 Å². The van der Waals surface area contributed by atoms with Crippen molar-refractivity contribution in [1.82, 2.24) is 19.6 Å². The van der Waals surface area contributed by atoms with Crippen LogP contribution in [0.4, 0.5) is 19.0 Å². The molecule has 0 bridgehead atoms. The molecule has 2 unspecified atom stereocenters. The first-order valence-electron chi connectivity index (χ1n) is 12.4. The van der Waals surface area contributed by atoms with Gasteiger partial charge >= 0.3 is 12.3 Å². The van der Waals surface area contributed by atoms with Crippen molar-refractivity contribution in [3.63, 3.8) is 0 Å². The molecule has 218 valence electrons. The van der Waals surface area contributed by atoms with Gasteiger partial charge in [-0.25, -0.2) is 18.2 Å². The second-order valence-corrected chi connectivity index (χ2v) is 11.3. The molecule has 0 saturated heterocycles. The summed E-state index contributed by atoms with van der Waals surface area (Å²) < 4.78 is 64.3. The van der Waals surface area contributed by atoms with Crippen molar-refractivity contribution < 1.29 is 36.6 Å². The van der Waals surface area contributed by atoms with Gasteiger partial charge in [-0.3, -0.25) is 0 Å². The highest BCUT2D eigenvalue weighted by molar-refractivity contribution is 7.89. The summed E-state index contributed by atoms with van der Waals surface area (Å²) in [6.45, 7) is 2.14. The number of aliphatic hydroxyl groups is 1. The largest absolute Gasteiger partial charge is 0.477 e. The number of benzene rings is 2. The molecular formula is C27H28F3N5O5S. The average Bonchev–Trinajstić information content (AvgIpc) is 3.24. The molecule has 4 rings (SSSR count). The third-order valence-electron chi connectivity index (χ3n) is 6.38. The molecule has 0 amide bonds. The Morgan fingerprint density at radius 1 is 1.10 bits per heavy atom. The molecule has 2 aromatic carbocycles. The number of anilines is 1. The van der Waals surface area contributed by atoms with Crippen molar-refractivity contribution in [1.29, 1.82) is 0 Å². The summed E-state index contributed by atoms with van der Waals surface area (Å²) in [5.41, 5.74) is 7.90. The number of carbonyl (C=O) groups is 1. The van der Waals surface area contributed by atoms with Crippen molar-refractivity contribution in [2.24, 2.45) is 0 Å². The lowest BCUT2D eigenvalue weighted by molar-refractivity contribution is -0.138. The van der Waals surface area contributed by atoms with E-state index in [0.717, 1.165) is 17.7 Å². The number of halogens is 3. The Bertz CT molecular complexity index is 1660. The molecule has 0 saturated carbocycles. The number of aromatic carboxylic acids is 1. The molecule has 4 aromatic rings. The third-order valence-corrected chi connectivity index (χ3v) is 7.75. The predicted octanol–water partition coefficient (Wildman–Crippen LogP) is 3.42. The van der Waals surface area contributed by atoms with E-state index in [1.807, 2.05) is 19.1 Å². The first-order chi connectivity index (χ1) is 19.2. The second-order valence-electron chi connectivity index (χ2n) is 9.61. The zero-order valence-electron chi connectivity index (χ0n) is 21.8. The number of sulfonamides is 1. The van der Waals surface area contributed by atoms with Crippen LogP contribution in [0, 0.1) is 0 Å². The minimum atomic E-state index is -5.14. The van der Waals surface area contributed by atoms with E-state index in [1.54, 1.807) is 18.2 Å². The maximum Gasteiger partial charge on any atom is 0.470 e. The van der Waals surface area contributed by atoms with Crippen LogP contribution in [0.5, 0.6) is 0 Å². The number of nitrogens with two attached hydrogens (primary N) is 1. The third kappa shape index (κ3) is 7.61. The standard InChI is InChI=1S/C27H28F3N5O5S/c1-16(32-14-24(36)19-6-8-25(31)33-13-19)9-17-5-7-22-20(10-17)12-23(26(37)38)35(22)15-18-3-2-4-21(11-18)41(39,40)34-27(28,29)30/h2-8,10-13,16,24,32,34,36H,9,14-15H2,1H3,(H2,31,33)(H,37,38). The molecule has 14 heteroatoms. The number of fused-ring (bicyclic) bond motifs is 1. The number of hydrogen-bond acceptors (Lipinski definition) is 7. The lowest BCUT2D eigenvalue weighted by Gasteiger charge is -2.17. The van der Waals surface area contributed by atoms with Gasteiger partial charge in [0.2, 0.25) is 10.0 Å². The van der Waals surface area contributed by atoms with Crippen LogP contribution in [0.25, 0.3) is 10.9 Å². The van der Waals surface area contributed by atoms with E-state index < -0.39 is 33.3 Å². The molecule has 0 aliphatic carbocycles. The quantitative estimate of drug-likeness (QED) is 0.166. The number of nitrogen functional groups attached to an aromatic ring is 1. The highest BCUT2D eigenvalue weighted by Crippen LogP contribution is 2.25. The maximum atomic E-state index is 12.7. The molecule has 0 spiro atoms. The minimum Gasteiger partial charge on any atom is -0.477 e. The Hall–Kier alpha value is -3.98. The average molecular weight is 592 g/mol. The van der Waals surface area contributed by atoms with Crippen molar-refractivity contribution in [3.05, 3.63) is 89.2 Å². The second kappa shape index (κ2) is 11.9. The number of alkyl halides is 3. The number of aromatic nitrogens is 2. The SMILES string of the molecule is CC(Cc1ccc2c(c1)cc(C(=O)O)n2Cc1cccc(S(=O)(=O)NC(F)(F)F)c1)NCC(O)c1ccc(N)nc1. The van der Waals surface area contributed by atoms with Gasteiger partial charge in [0.15, 0.2) is 0 Å². The van der Waals surface area contributed by atoms with Crippen LogP contribution in [0.15, 0.2) is 71.8 Å². The highest BCUT2D eigenvalue weighted by atomic mass is 32.2. The molecule has 2 atom stereocenters. The van der Waals surface area contributed by atoms with Crippen LogP contribution in [0.1, 0.15) is 40.2 Å². The summed E-state index contributed by atoms with van der Waals surface area (Å²) in [7, 11) is -4.86. The van der Waals surface area contributed by atoms with Gasteiger partial charge in [0.25, 0.3) is 0 Å². The molecule has 0 fully saturated rings. The Morgan fingerprint density at radius 2 is 1.85 bits per heavy atom. The Morgan fingerprint density at radius 3 is 2.51 bits per heavy atom. The van der Waals surface area contributed by atoms with Crippen LogP contribution in [-0.2, 0) is 23.0 Å². The molecule has 6 N–H and O–H groups in total. The zero-order valence-corrected chi connectivity index (χ0v) is 22.6. The number of carboxylic acid groups (broad SMARTS) is 1. The number of carboxylic acids is 1. The van der Waals surface area contributed by atoms with Crippen molar-refractivity contribution in [2.75, 3.05) is 12.3 Å². The first-order valence-corrected chi connectivity index (χ1v) is 13.9. The van der Waals surface area contributed by atoms with Gasteiger partial charge in [-0.05, 0) is 60.9 Å². The number of pyridine rings is 1. The van der Waals surface area contributed by atoms with Gasteiger partial charge in [0, 0.05) is 41.8 Å². The van der Waals surface area contributed by atoms with Crippen LogP contribution in [0.2, 0.25) is 0 Å². The summed E-state index contributed by atoms with van der Waals surface area (Å²) in [5, 5.41) is 24.1. The van der Waals surface area contributed by atoms with Crippen LogP contribution in [0.3, 0.4) is 0 Å². The summed E-state index contributed by atoms with van der Waals surface area (Å²) in [6, 6.07) is 15.1. The fraction of sp³-hybridized carbons (Fsp3) is 0.259. The fourth-order valence-electron chi connectivity index (χ4n) is 4.47. The number of rotatable bonds is 11. The summed E-state index contributed by atoms with van der Waals surface area (Å²) in [6.07, 6.45) is -3.83. The zero-order chi connectivity index (χ0) is 29.9. The summed E-state index contributed by atoms with van der Waals surface area (Å²) in [4.78, 5) is 15.4. The number of aliphatic hydroxyl groups excluding tert-OH is 1. The number of nitrogens with zero attached hydrogens (tertiary/aromatic N) is 2. The van der Waals surface area contributed by atoms with Gasteiger partial charge in [-0.2, -0.15) is 13.2 Å². The van der Waals surface area contributed by atoms with Crippen LogP contribution < -0.4 is 15.8 Å². The number of hydrogen-bond donors (Lipinski definition) is 5. The van der Waals surface area contributed by atoms with Crippen LogP contribution in [-0.4, -0.2) is 53.0 Å². The monoisotopic (exact) mass is 591 g/mol. The van der Waals surface area contributed by atoms with Crippen molar-refractivity contribution in [2.45, 2.75) is 43.2 Å². The van der Waals surface area contributed by atoms with Gasteiger partial charge in [-0.15, -0.1) is 4.72 Å². The molecule has 2 aromatic heterocycles. The molecular weight excluding hydrogens is 563 g/mol. The number of nitrogens with one attached hydrogen (secondary N) is 2. The first kappa shape index (κ1) is 30.0. The lowest BCUT2D eigenvalue weighted by Crippen LogP contribution is -2.37. The maximum absolute atomic E-state index is 12.7. The van der Waals surface area contributed by atoms with Gasteiger partial charge in [0.05, 0.1) is 11.0 Å². The fourth-order valence-corrected chi connectivity index (χ4v) is 5.46. The van der Waals surface area contributed by atoms with E-state index in [0.29, 0.717) is 39.0 Å². The van der Waals surface area contributed by atoms with E-state index in [-0.39, 0.29) is 24.8 Å². The molecule has 0 aliphatic heterocycles. The van der Waals surface area contributed by atoms with E-state index >= 15 is 0 Å². The minimum absolute atomic E-state index is 0.0418. The topological polar surface area (TPSA) is 160 Å². The van der Waals surface area contributed by atoms with Crippen molar-refractivity contribution in [3.8, 4) is 0 Å². The molecule has 2 heterocycles. The van der Waals surface area contributed by atoms with E-state index in [4.69, 9.17) is 5.73 Å². The highest BCUT2D eigenvalue weighted by Gasteiger charge is 2.35. The molecule has 41 heavy (non-hydrogen) atoms. The van der Waals surface area contributed by atoms with Gasteiger partial charge in [0.1, 0.15) is 11.5 Å². The summed E-state index contributed by atoms with van der Waals surface area (Å²) >= 11 is 0. The van der Waals surface area contributed by atoms with E-state index in [1.165, 1.54) is 29.0 Å². The smallest absolute Gasteiger partial charge is 0.470 e. The Balaban J connectivity index is 1.51. The lowest BCUT2D eigenvalue weighted by atomic mass is 10.0. The van der Waals surface area contributed by atoms with Gasteiger partial charge in [-0.1, -0.05) is 24.3 Å². The van der Waals surface area contributed by atoms with E-state index in [9.17, 15) is 36.6 Å². The normalized spacial score (nSPS) is 13.8.